The Labute approximate surface area is 101 Å². The number of benzene rings is 2. The van der Waals surface area contributed by atoms with Crippen molar-refractivity contribution in [1.29, 1.82) is 0 Å². The predicted octanol–water partition coefficient (Wildman–Crippen LogP) is 3.27. The van der Waals surface area contributed by atoms with Gasteiger partial charge in [-0.2, -0.15) is 0 Å². The van der Waals surface area contributed by atoms with E-state index in [-0.39, 0.29) is 5.78 Å². The van der Waals surface area contributed by atoms with E-state index in [1.807, 2.05) is 62.5 Å². The van der Waals surface area contributed by atoms with Crippen LogP contribution in [-0.4, -0.2) is 12.8 Å². The first-order valence-corrected chi connectivity index (χ1v) is 5.60. The van der Waals surface area contributed by atoms with Crippen molar-refractivity contribution < 1.29 is 4.79 Å². The van der Waals surface area contributed by atoms with Crippen LogP contribution in [0.1, 0.15) is 21.5 Å². The van der Waals surface area contributed by atoms with Crippen molar-refractivity contribution in [2.45, 2.75) is 6.92 Å². The Morgan fingerprint density at radius 3 is 2.24 bits per heavy atom. The zero-order valence-corrected chi connectivity index (χ0v) is 10.0. The standard InChI is InChI=1S/C15H15NO/c1-11-5-3-4-6-14(11)15(17)12-7-9-13(16-2)10-8-12/h3-10,16H,1-2H3. The predicted molar refractivity (Wildman–Crippen MR) is 70.6 cm³/mol. The van der Waals surface area contributed by atoms with Crippen LogP contribution in [0.2, 0.25) is 0 Å². The number of carbonyl (C=O) groups is 1. The van der Waals surface area contributed by atoms with E-state index >= 15 is 0 Å². The molecule has 0 spiro atoms. The maximum absolute atomic E-state index is 12.2. The first kappa shape index (κ1) is 11.4. The van der Waals surface area contributed by atoms with Crippen molar-refractivity contribution in [2.24, 2.45) is 0 Å². The van der Waals surface area contributed by atoms with E-state index in [1.54, 1.807) is 0 Å². The lowest BCUT2D eigenvalue weighted by molar-refractivity contribution is 0.103. The number of anilines is 1. The number of hydrogen-bond acceptors (Lipinski definition) is 2. The smallest absolute Gasteiger partial charge is 0.193 e. The molecule has 0 radical (unpaired) electrons. The molecule has 2 nitrogen and oxygen atoms in total. The second-order valence-electron chi connectivity index (χ2n) is 3.97. The second kappa shape index (κ2) is 4.83. The quantitative estimate of drug-likeness (QED) is 0.812. The fraction of sp³-hybridized carbons (Fsp3) is 0.133. The average molecular weight is 225 g/mol. The summed E-state index contributed by atoms with van der Waals surface area (Å²) < 4.78 is 0. The minimum atomic E-state index is 0.0748. The van der Waals surface area contributed by atoms with Gasteiger partial charge in [-0.3, -0.25) is 4.79 Å². The molecule has 2 aromatic carbocycles. The molecule has 2 rings (SSSR count). The summed E-state index contributed by atoms with van der Waals surface area (Å²) in [4.78, 5) is 12.2. The Hall–Kier alpha value is -2.09. The van der Waals surface area contributed by atoms with E-state index in [9.17, 15) is 4.79 Å². The summed E-state index contributed by atoms with van der Waals surface area (Å²) in [5.41, 5.74) is 3.50. The van der Waals surface area contributed by atoms with Gasteiger partial charge < -0.3 is 5.32 Å². The number of rotatable bonds is 3. The molecule has 0 aliphatic carbocycles. The third-order valence-electron chi connectivity index (χ3n) is 2.83. The van der Waals surface area contributed by atoms with E-state index in [0.29, 0.717) is 0 Å². The number of carbonyl (C=O) groups excluding carboxylic acids is 1. The van der Waals surface area contributed by atoms with Crippen LogP contribution in [0, 0.1) is 6.92 Å². The largest absolute Gasteiger partial charge is 0.388 e. The molecule has 2 heteroatoms. The van der Waals surface area contributed by atoms with Gasteiger partial charge in [-0.25, -0.2) is 0 Å². The van der Waals surface area contributed by atoms with Crippen molar-refractivity contribution in [3.05, 3.63) is 65.2 Å². The minimum absolute atomic E-state index is 0.0748. The first-order chi connectivity index (χ1) is 8.22. The number of hydrogen-bond donors (Lipinski definition) is 1. The van der Waals surface area contributed by atoms with Gasteiger partial charge in [-0.05, 0) is 36.8 Å². The highest BCUT2D eigenvalue weighted by atomic mass is 16.1. The van der Waals surface area contributed by atoms with Crippen LogP contribution in [-0.2, 0) is 0 Å². The van der Waals surface area contributed by atoms with Crippen molar-refractivity contribution in [3.63, 3.8) is 0 Å². The van der Waals surface area contributed by atoms with E-state index in [0.717, 1.165) is 22.4 Å². The molecule has 0 bridgehead atoms. The van der Waals surface area contributed by atoms with E-state index < -0.39 is 0 Å². The Balaban J connectivity index is 2.34. The molecular weight excluding hydrogens is 210 g/mol. The van der Waals surface area contributed by atoms with Gasteiger partial charge in [0.2, 0.25) is 0 Å². The highest BCUT2D eigenvalue weighted by Gasteiger charge is 2.10. The zero-order valence-electron chi connectivity index (χ0n) is 10.0. The van der Waals surface area contributed by atoms with E-state index in [1.165, 1.54) is 0 Å². The van der Waals surface area contributed by atoms with Gasteiger partial charge in [0.25, 0.3) is 0 Å². The first-order valence-electron chi connectivity index (χ1n) is 5.60. The molecule has 1 N–H and O–H groups in total. The Bertz CT molecular complexity index is 529. The van der Waals surface area contributed by atoms with E-state index in [4.69, 9.17) is 0 Å². The van der Waals surface area contributed by atoms with Crippen LogP contribution in [0.3, 0.4) is 0 Å². The normalized spacial score (nSPS) is 10.0. The minimum Gasteiger partial charge on any atom is -0.388 e. The fourth-order valence-electron chi connectivity index (χ4n) is 1.77. The lowest BCUT2D eigenvalue weighted by Gasteiger charge is -2.05. The maximum Gasteiger partial charge on any atom is 0.193 e. The van der Waals surface area contributed by atoms with E-state index in [2.05, 4.69) is 5.32 Å². The molecule has 0 atom stereocenters. The SMILES string of the molecule is CNc1ccc(C(=O)c2ccccc2C)cc1. The van der Waals surface area contributed by atoms with Crippen LogP contribution < -0.4 is 5.32 Å². The van der Waals surface area contributed by atoms with Gasteiger partial charge in [-0.1, -0.05) is 24.3 Å². The number of nitrogens with one attached hydrogen (secondary N) is 1. The molecule has 0 heterocycles. The summed E-state index contributed by atoms with van der Waals surface area (Å²) in [5, 5.41) is 3.03. The molecule has 2 aromatic rings. The summed E-state index contributed by atoms with van der Waals surface area (Å²) in [7, 11) is 1.86. The molecule has 0 saturated heterocycles. The second-order valence-corrected chi connectivity index (χ2v) is 3.97. The van der Waals surface area contributed by atoms with Gasteiger partial charge in [-0.15, -0.1) is 0 Å². The van der Waals surface area contributed by atoms with Gasteiger partial charge in [0.1, 0.15) is 0 Å². The fourth-order valence-corrected chi connectivity index (χ4v) is 1.77. The Morgan fingerprint density at radius 2 is 1.65 bits per heavy atom. The molecule has 0 fully saturated rings. The van der Waals surface area contributed by atoms with Crippen molar-refractivity contribution >= 4 is 11.5 Å². The van der Waals surface area contributed by atoms with Gasteiger partial charge in [0.05, 0.1) is 0 Å². The summed E-state index contributed by atoms with van der Waals surface area (Å²) in [6.45, 7) is 1.95. The van der Waals surface area contributed by atoms with Crippen LogP contribution in [0.4, 0.5) is 5.69 Å². The summed E-state index contributed by atoms with van der Waals surface area (Å²) in [6.07, 6.45) is 0. The summed E-state index contributed by atoms with van der Waals surface area (Å²) in [6, 6.07) is 15.2. The third-order valence-corrected chi connectivity index (χ3v) is 2.83. The van der Waals surface area contributed by atoms with Crippen molar-refractivity contribution in [2.75, 3.05) is 12.4 Å². The molecule has 0 aliphatic rings. The van der Waals surface area contributed by atoms with Crippen molar-refractivity contribution in [1.82, 2.24) is 0 Å². The maximum atomic E-state index is 12.2. The summed E-state index contributed by atoms with van der Waals surface area (Å²) >= 11 is 0. The molecule has 0 aromatic heterocycles. The molecule has 0 saturated carbocycles. The molecule has 17 heavy (non-hydrogen) atoms. The highest BCUT2D eigenvalue weighted by Crippen LogP contribution is 2.15. The molecule has 0 amide bonds. The summed E-state index contributed by atoms with van der Waals surface area (Å²) in [5.74, 6) is 0.0748. The number of aryl methyl sites for hydroxylation is 1. The van der Waals surface area contributed by atoms with Gasteiger partial charge >= 0.3 is 0 Å². The average Bonchev–Trinajstić information content (AvgIpc) is 2.39. The van der Waals surface area contributed by atoms with Gasteiger partial charge in [0.15, 0.2) is 5.78 Å². The molecule has 86 valence electrons. The lowest BCUT2D eigenvalue weighted by Crippen LogP contribution is -2.03. The van der Waals surface area contributed by atoms with Crippen LogP contribution >= 0.6 is 0 Å². The Kier molecular flexibility index (Phi) is 3.24. The van der Waals surface area contributed by atoms with Crippen LogP contribution in [0.15, 0.2) is 48.5 Å². The highest BCUT2D eigenvalue weighted by molar-refractivity contribution is 6.09. The zero-order chi connectivity index (χ0) is 12.3. The van der Waals surface area contributed by atoms with Gasteiger partial charge in [0, 0.05) is 23.9 Å². The van der Waals surface area contributed by atoms with Crippen molar-refractivity contribution in [3.8, 4) is 0 Å². The topological polar surface area (TPSA) is 29.1 Å². The molecule has 0 aliphatic heterocycles. The number of ketones is 1. The van der Waals surface area contributed by atoms with Crippen LogP contribution in [0.5, 0.6) is 0 Å². The molecular formula is C15H15NO. The monoisotopic (exact) mass is 225 g/mol. The third kappa shape index (κ3) is 2.36. The van der Waals surface area contributed by atoms with Crippen LogP contribution in [0.25, 0.3) is 0 Å². The molecule has 0 unspecified atom stereocenters. The lowest BCUT2D eigenvalue weighted by atomic mass is 9.99. The Morgan fingerprint density at radius 1 is 1.00 bits per heavy atom.